The second kappa shape index (κ2) is 9.17. The van der Waals surface area contributed by atoms with Crippen LogP contribution in [0.5, 0.6) is 0 Å². The Balaban J connectivity index is 0.00000225. The fraction of sp³-hybridized carbons (Fsp3) is 0.444. The van der Waals surface area contributed by atoms with E-state index in [0.717, 1.165) is 25.5 Å². The number of likely N-dealkylation sites (tertiary alicyclic amines) is 1. The van der Waals surface area contributed by atoms with Crippen LogP contribution in [0.3, 0.4) is 0 Å². The molecule has 0 spiro atoms. The Bertz CT molecular complexity index is 689. The maximum Gasteiger partial charge on any atom is 0.193 e. The normalized spacial score (nSPS) is 20.9. The fourth-order valence-electron chi connectivity index (χ4n) is 3.24. The van der Waals surface area contributed by atoms with Crippen LogP contribution in [0.4, 0.5) is 4.39 Å². The van der Waals surface area contributed by atoms with Crippen molar-refractivity contribution < 1.29 is 4.39 Å². The van der Waals surface area contributed by atoms with Gasteiger partial charge in [0.1, 0.15) is 5.82 Å². The van der Waals surface area contributed by atoms with Gasteiger partial charge in [-0.25, -0.2) is 9.37 Å². The quantitative estimate of drug-likeness (QED) is 0.437. The van der Waals surface area contributed by atoms with Crippen LogP contribution in [-0.2, 0) is 6.54 Å². The number of piperidine rings is 1. The van der Waals surface area contributed by atoms with E-state index in [1.54, 1.807) is 19.2 Å². The van der Waals surface area contributed by atoms with Crippen LogP contribution < -0.4 is 5.32 Å². The van der Waals surface area contributed by atoms with Crippen molar-refractivity contribution in [2.45, 2.75) is 25.9 Å². The van der Waals surface area contributed by atoms with E-state index in [0.29, 0.717) is 24.1 Å². The number of hydrogen-bond acceptors (Lipinski definition) is 2. The number of halogens is 2. The maximum atomic E-state index is 13.8. The maximum absolute atomic E-state index is 13.8. The Kier molecular flexibility index (Phi) is 7.22. The van der Waals surface area contributed by atoms with Gasteiger partial charge in [0.2, 0.25) is 0 Å². The van der Waals surface area contributed by atoms with E-state index in [2.05, 4.69) is 31.7 Å². The number of aromatic nitrogens is 2. The number of guanidine groups is 1. The molecule has 1 fully saturated rings. The van der Waals surface area contributed by atoms with Gasteiger partial charge in [-0.05, 0) is 18.4 Å². The van der Waals surface area contributed by atoms with Gasteiger partial charge in [0.15, 0.2) is 5.96 Å². The fourth-order valence-corrected chi connectivity index (χ4v) is 3.24. The lowest BCUT2D eigenvalue weighted by molar-refractivity contribution is 0.189. The van der Waals surface area contributed by atoms with Crippen molar-refractivity contribution in [3.8, 4) is 0 Å². The summed E-state index contributed by atoms with van der Waals surface area (Å²) in [4.78, 5) is 10.8. The molecule has 0 saturated carbocycles. The van der Waals surface area contributed by atoms with Crippen molar-refractivity contribution >= 4 is 29.9 Å². The second-order valence-electron chi connectivity index (χ2n) is 6.28. The molecule has 0 aliphatic carbocycles. The van der Waals surface area contributed by atoms with E-state index < -0.39 is 0 Å². The van der Waals surface area contributed by atoms with Gasteiger partial charge in [-0.15, -0.1) is 24.0 Å². The molecule has 1 aromatic carbocycles. The molecule has 1 N–H and O–H groups in total. The van der Waals surface area contributed by atoms with Crippen LogP contribution >= 0.6 is 24.0 Å². The predicted molar refractivity (Wildman–Crippen MR) is 109 cm³/mol. The molecule has 7 heteroatoms. The molecular weight excluding hydrogens is 432 g/mol. The average Bonchev–Trinajstić information content (AvgIpc) is 3.12. The third-order valence-corrected chi connectivity index (χ3v) is 4.73. The minimum absolute atomic E-state index is 0. The highest BCUT2D eigenvalue weighted by Crippen LogP contribution is 2.27. The molecule has 0 bridgehead atoms. The smallest absolute Gasteiger partial charge is 0.193 e. The third-order valence-electron chi connectivity index (χ3n) is 4.73. The van der Waals surface area contributed by atoms with Crippen molar-refractivity contribution in [3.63, 3.8) is 0 Å². The average molecular weight is 457 g/mol. The summed E-state index contributed by atoms with van der Waals surface area (Å²) in [5.41, 5.74) is 0.648. The highest BCUT2D eigenvalue weighted by Gasteiger charge is 2.28. The SMILES string of the molecule is CN=C(NCc1ccccc1F)N1CCC(C)C(n2ccnc2)C1.I. The molecule has 0 amide bonds. The van der Waals surface area contributed by atoms with E-state index in [4.69, 9.17) is 0 Å². The predicted octanol–water partition coefficient (Wildman–Crippen LogP) is 3.30. The molecule has 1 aromatic heterocycles. The summed E-state index contributed by atoms with van der Waals surface area (Å²) in [6.07, 6.45) is 6.79. The zero-order valence-electron chi connectivity index (χ0n) is 14.6. The van der Waals surface area contributed by atoms with Crippen molar-refractivity contribution in [1.29, 1.82) is 0 Å². The standard InChI is InChI=1S/C18H24FN5.HI/c1-14-7-9-23(12-17(14)24-10-8-21-13-24)18(20-2)22-11-15-5-3-4-6-16(15)19;/h3-6,8,10,13-14,17H,7,9,11-12H2,1-2H3,(H,20,22);1H. The highest BCUT2D eigenvalue weighted by molar-refractivity contribution is 14.0. The van der Waals surface area contributed by atoms with Crippen molar-refractivity contribution in [3.05, 3.63) is 54.4 Å². The number of nitrogens with zero attached hydrogens (tertiary/aromatic N) is 4. The summed E-state index contributed by atoms with van der Waals surface area (Å²) < 4.78 is 15.9. The molecule has 5 nitrogen and oxygen atoms in total. The summed E-state index contributed by atoms with van der Waals surface area (Å²) in [5, 5.41) is 3.29. The van der Waals surface area contributed by atoms with Gasteiger partial charge in [0.05, 0.1) is 12.4 Å². The highest BCUT2D eigenvalue weighted by atomic mass is 127. The minimum Gasteiger partial charge on any atom is -0.352 e. The van der Waals surface area contributed by atoms with Gasteiger partial charge < -0.3 is 14.8 Å². The Morgan fingerprint density at radius 1 is 1.40 bits per heavy atom. The molecule has 1 aliphatic heterocycles. The zero-order chi connectivity index (χ0) is 16.9. The van der Waals surface area contributed by atoms with Crippen molar-refractivity contribution in [2.75, 3.05) is 20.1 Å². The molecular formula is C18H25FIN5. The molecule has 136 valence electrons. The van der Waals surface area contributed by atoms with Gasteiger partial charge in [0.25, 0.3) is 0 Å². The van der Waals surface area contributed by atoms with Crippen molar-refractivity contribution in [1.82, 2.24) is 19.8 Å². The summed E-state index contributed by atoms with van der Waals surface area (Å²) in [7, 11) is 1.77. The number of hydrogen-bond donors (Lipinski definition) is 1. The van der Waals surface area contributed by atoms with Crippen LogP contribution in [-0.4, -0.2) is 40.5 Å². The number of nitrogens with one attached hydrogen (secondary N) is 1. The number of imidazole rings is 1. The monoisotopic (exact) mass is 457 g/mol. The zero-order valence-corrected chi connectivity index (χ0v) is 16.9. The molecule has 0 radical (unpaired) electrons. The molecule has 2 aromatic rings. The minimum atomic E-state index is -0.191. The molecule has 25 heavy (non-hydrogen) atoms. The van der Waals surface area contributed by atoms with E-state index >= 15 is 0 Å². The van der Waals surface area contributed by atoms with Gasteiger partial charge in [-0.1, -0.05) is 25.1 Å². The van der Waals surface area contributed by atoms with Gasteiger partial charge >= 0.3 is 0 Å². The molecule has 2 heterocycles. The van der Waals surface area contributed by atoms with Crippen LogP contribution in [0.1, 0.15) is 24.9 Å². The third kappa shape index (κ3) is 4.71. The Morgan fingerprint density at radius 2 is 2.20 bits per heavy atom. The Hall–Kier alpha value is -1.64. The summed E-state index contributed by atoms with van der Waals surface area (Å²) in [5.74, 6) is 1.21. The first kappa shape index (κ1) is 19.7. The molecule has 2 atom stereocenters. The lowest BCUT2D eigenvalue weighted by Gasteiger charge is -2.39. The van der Waals surface area contributed by atoms with Gasteiger partial charge in [-0.3, -0.25) is 4.99 Å². The first-order chi connectivity index (χ1) is 11.7. The van der Waals surface area contributed by atoms with Crippen LogP contribution in [0.15, 0.2) is 48.0 Å². The van der Waals surface area contributed by atoms with Gasteiger partial charge in [0, 0.05) is 44.6 Å². The lowest BCUT2D eigenvalue weighted by Crippen LogP contribution is -2.48. The van der Waals surface area contributed by atoms with Crippen LogP contribution in [0.25, 0.3) is 0 Å². The first-order valence-corrected chi connectivity index (χ1v) is 8.35. The molecule has 3 rings (SSSR count). The van der Waals surface area contributed by atoms with E-state index in [1.807, 2.05) is 24.8 Å². The first-order valence-electron chi connectivity index (χ1n) is 8.35. The Labute approximate surface area is 165 Å². The number of aliphatic imine (C=N–C) groups is 1. The van der Waals surface area contributed by atoms with E-state index in [9.17, 15) is 4.39 Å². The number of rotatable bonds is 3. The lowest BCUT2D eigenvalue weighted by atomic mass is 9.93. The number of benzene rings is 1. The molecule has 1 saturated heterocycles. The summed E-state index contributed by atoms with van der Waals surface area (Å²) in [6.45, 7) is 4.52. The Morgan fingerprint density at radius 3 is 2.88 bits per heavy atom. The molecule has 2 unspecified atom stereocenters. The largest absolute Gasteiger partial charge is 0.352 e. The van der Waals surface area contributed by atoms with E-state index in [-0.39, 0.29) is 29.8 Å². The topological polar surface area (TPSA) is 45.5 Å². The second-order valence-corrected chi connectivity index (χ2v) is 6.28. The summed E-state index contributed by atoms with van der Waals surface area (Å²) >= 11 is 0. The summed E-state index contributed by atoms with van der Waals surface area (Å²) in [6, 6.07) is 7.20. The van der Waals surface area contributed by atoms with Crippen LogP contribution in [0, 0.1) is 11.7 Å². The molecule has 1 aliphatic rings. The van der Waals surface area contributed by atoms with Crippen molar-refractivity contribution in [2.24, 2.45) is 10.9 Å². The van der Waals surface area contributed by atoms with Crippen LogP contribution in [0.2, 0.25) is 0 Å². The van der Waals surface area contributed by atoms with Gasteiger partial charge in [-0.2, -0.15) is 0 Å². The van der Waals surface area contributed by atoms with E-state index in [1.165, 1.54) is 6.07 Å².